The summed E-state index contributed by atoms with van der Waals surface area (Å²) in [5.41, 5.74) is 1.09. The maximum absolute atomic E-state index is 12.0. The Morgan fingerprint density at radius 2 is 1.81 bits per heavy atom. The zero-order chi connectivity index (χ0) is 12.0. The van der Waals surface area contributed by atoms with Crippen LogP contribution in [-0.2, 0) is 11.2 Å². The molecule has 0 aliphatic carbocycles. The lowest BCUT2D eigenvalue weighted by Gasteiger charge is -2.11. The second-order valence-corrected chi connectivity index (χ2v) is 3.36. The maximum atomic E-state index is 12.0. The Morgan fingerprint density at radius 3 is 2.38 bits per heavy atom. The highest BCUT2D eigenvalue weighted by Crippen LogP contribution is 2.24. The summed E-state index contributed by atoms with van der Waals surface area (Å²) in [5.74, 6) is -1.12. The molecule has 88 valence electrons. The molecule has 0 saturated carbocycles. The average Bonchev–Trinajstić information content (AvgIpc) is 2.24. The smallest absolute Gasteiger partial charge is 0.448 e. The predicted octanol–water partition coefficient (Wildman–Crippen LogP) is 3.71. The fraction of sp³-hybridized carbons (Fsp3) is 0.333. The summed E-state index contributed by atoms with van der Waals surface area (Å²) in [6, 6.07) is 9.54. The molecule has 1 rings (SSSR count). The standard InChI is InChI=1S/C12H13F3O/c1-10(12(13,14)15)16-9-5-8-11-6-3-2-4-7-11/h2-4,6-7H,1,5,8-9H2. The number of hydrogen-bond donors (Lipinski definition) is 0. The van der Waals surface area contributed by atoms with Crippen molar-refractivity contribution < 1.29 is 17.9 Å². The van der Waals surface area contributed by atoms with Crippen molar-refractivity contribution in [3.05, 3.63) is 48.2 Å². The Kier molecular flexibility index (Phi) is 4.40. The van der Waals surface area contributed by atoms with Crippen LogP contribution in [0.1, 0.15) is 12.0 Å². The number of alkyl halides is 3. The Balaban J connectivity index is 2.20. The van der Waals surface area contributed by atoms with Crippen molar-refractivity contribution in [2.75, 3.05) is 6.61 Å². The second kappa shape index (κ2) is 5.58. The van der Waals surface area contributed by atoms with E-state index in [4.69, 9.17) is 0 Å². The SMILES string of the molecule is C=C(OCCCc1ccccc1)C(F)(F)F. The lowest BCUT2D eigenvalue weighted by atomic mass is 10.1. The largest absolute Gasteiger partial charge is 0.489 e. The molecule has 0 bridgehead atoms. The van der Waals surface area contributed by atoms with Gasteiger partial charge in [0.2, 0.25) is 0 Å². The summed E-state index contributed by atoms with van der Waals surface area (Å²) in [5, 5.41) is 0. The summed E-state index contributed by atoms with van der Waals surface area (Å²) >= 11 is 0. The maximum Gasteiger partial charge on any atom is 0.448 e. The first-order valence-corrected chi connectivity index (χ1v) is 4.93. The van der Waals surface area contributed by atoms with Crippen molar-refractivity contribution in [2.45, 2.75) is 19.0 Å². The van der Waals surface area contributed by atoms with E-state index in [9.17, 15) is 13.2 Å². The van der Waals surface area contributed by atoms with Crippen LogP contribution in [0.25, 0.3) is 0 Å². The van der Waals surface area contributed by atoms with Crippen LogP contribution in [0.15, 0.2) is 42.7 Å². The summed E-state index contributed by atoms with van der Waals surface area (Å²) in [6.45, 7) is 2.86. The van der Waals surface area contributed by atoms with E-state index in [0.717, 1.165) is 5.56 Å². The minimum Gasteiger partial charge on any atom is -0.489 e. The van der Waals surface area contributed by atoms with Gasteiger partial charge in [-0.15, -0.1) is 0 Å². The van der Waals surface area contributed by atoms with Gasteiger partial charge in [0, 0.05) is 0 Å². The first kappa shape index (κ1) is 12.6. The number of rotatable bonds is 5. The van der Waals surface area contributed by atoms with Gasteiger partial charge in [0.05, 0.1) is 6.61 Å². The first-order chi connectivity index (χ1) is 7.50. The van der Waals surface area contributed by atoms with E-state index in [1.54, 1.807) is 0 Å². The highest BCUT2D eigenvalue weighted by molar-refractivity contribution is 5.14. The zero-order valence-electron chi connectivity index (χ0n) is 8.76. The van der Waals surface area contributed by atoms with Gasteiger partial charge >= 0.3 is 6.18 Å². The lowest BCUT2D eigenvalue weighted by Crippen LogP contribution is -2.14. The highest BCUT2D eigenvalue weighted by atomic mass is 19.4. The quantitative estimate of drug-likeness (QED) is 0.553. The molecule has 1 aromatic rings. The molecule has 0 aliphatic rings. The van der Waals surface area contributed by atoms with Crippen molar-refractivity contribution in [1.29, 1.82) is 0 Å². The van der Waals surface area contributed by atoms with Gasteiger partial charge in [-0.1, -0.05) is 36.9 Å². The van der Waals surface area contributed by atoms with Crippen LogP contribution < -0.4 is 0 Å². The molecule has 4 heteroatoms. The van der Waals surface area contributed by atoms with Crippen LogP contribution in [0.3, 0.4) is 0 Å². The number of aryl methyl sites for hydroxylation is 1. The third-order valence-electron chi connectivity index (χ3n) is 2.05. The number of ether oxygens (including phenoxy) is 1. The Labute approximate surface area is 92.5 Å². The van der Waals surface area contributed by atoms with Crippen LogP contribution in [0, 0.1) is 0 Å². The average molecular weight is 230 g/mol. The predicted molar refractivity (Wildman–Crippen MR) is 55.9 cm³/mol. The van der Waals surface area contributed by atoms with Crippen LogP contribution in [0.5, 0.6) is 0 Å². The Hall–Kier alpha value is -1.45. The number of halogens is 3. The van der Waals surface area contributed by atoms with Gasteiger partial charge in [-0.05, 0) is 18.4 Å². The molecule has 0 unspecified atom stereocenters. The Bertz CT molecular complexity index is 330. The van der Waals surface area contributed by atoms with E-state index >= 15 is 0 Å². The molecule has 0 spiro atoms. The minimum absolute atomic E-state index is 0.0350. The fourth-order valence-corrected chi connectivity index (χ4v) is 1.20. The molecule has 0 amide bonds. The first-order valence-electron chi connectivity index (χ1n) is 4.93. The number of allylic oxidation sites excluding steroid dienone is 1. The molecule has 0 heterocycles. The van der Waals surface area contributed by atoms with Crippen LogP contribution in [0.2, 0.25) is 0 Å². The summed E-state index contributed by atoms with van der Waals surface area (Å²) in [6.07, 6.45) is -3.21. The van der Waals surface area contributed by atoms with Crippen molar-refractivity contribution in [3.63, 3.8) is 0 Å². The molecule has 0 radical (unpaired) electrons. The lowest BCUT2D eigenvalue weighted by molar-refractivity contribution is -0.130. The van der Waals surface area contributed by atoms with E-state index < -0.39 is 11.9 Å². The molecule has 1 nitrogen and oxygen atoms in total. The van der Waals surface area contributed by atoms with E-state index in [1.807, 2.05) is 30.3 Å². The van der Waals surface area contributed by atoms with Gasteiger partial charge in [0.15, 0.2) is 5.76 Å². The van der Waals surface area contributed by atoms with E-state index in [1.165, 1.54) is 0 Å². The van der Waals surface area contributed by atoms with Crippen molar-refractivity contribution in [1.82, 2.24) is 0 Å². The zero-order valence-corrected chi connectivity index (χ0v) is 8.76. The molecule has 0 saturated heterocycles. The van der Waals surface area contributed by atoms with Crippen molar-refractivity contribution >= 4 is 0 Å². The molecule has 0 N–H and O–H groups in total. The molecule has 0 aromatic heterocycles. The molecular formula is C12H13F3O. The minimum atomic E-state index is -4.45. The molecule has 1 aromatic carbocycles. The van der Waals surface area contributed by atoms with E-state index in [2.05, 4.69) is 11.3 Å². The van der Waals surface area contributed by atoms with E-state index in [0.29, 0.717) is 12.8 Å². The molecule has 16 heavy (non-hydrogen) atoms. The Morgan fingerprint density at radius 1 is 1.19 bits per heavy atom. The third-order valence-corrected chi connectivity index (χ3v) is 2.05. The van der Waals surface area contributed by atoms with Gasteiger partial charge in [-0.3, -0.25) is 0 Å². The molecule has 0 aliphatic heterocycles. The molecule has 0 atom stereocenters. The van der Waals surface area contributed by atoms with Gasteiger partial charge < -0.3 is 4.74 Å². The van der Waals surface area contributed by atoms with Gasteiger partial charge in [-0.25, -0.2) is 0 Å². The van der Waals surface area contributed by atoms with Crippen LogP contribution in [-0.4, -0.2) is 12.8 Å². The van der Waals surface area contributed by atoms with Crippen molar-refractivity contribution in [3.8, 4) is 0 Å². The number of hydrogen-bond acceptors (Lipinski definition) is 1. The monoisotopic (exact) mass is 230 g/mol. The van der Waals surface area contributed by atoms with Crippen LogP contribution in [0.4, 0.5) is 13.2 Å². The van der Waals surface area contributed by atoms with Crippen molar-refractivity contribution in [2.24, 2.45) is 0 Å². The van der Waals surface area contributed by atoms with Crippen LogP contribution >= 0.6 is 0 Å². The molecular weight excluding hydrogens is 217 g/mol. The van der Waals surface area contributed by atoms with Gasteiger partial charge in [0.25, 0.3) is 0 Å². The summed E-state index contributed by atoms with van der Waals surface area (Å²) in [7, 11) is 0. The second-order valence-electron chi connectivity index (χ2n) is 3.36. The summed E-state index contributed by atoms with van der Waals surface area (Å²) < 4.78 is 40.4. The summed E-state index contributed by atoms with van der Waals surface area (Å²) in [4.78, 5) is 0. The fourth-order valence-electron chi connectivity index (χ4n) is 1.20. The molecule has 0 fully saturated rings. The number of benzene rings is 1. The highest BCUT2D eigenvalue weighted by Gasteiger charge is 2.33. The topological polar surface area (TPSA) is 9.23 Å². The van der Waals surface area contributed by atoms with E-state index in [-0.39, 0.29) is 6.61 Å². The third kappa shape index (κ3) is 4.38. The normalized spacial score (nSPS) is 11.2. The van der Waals surface area contributed by atoms with Gasteiger partial charge in [0.1, 0.15) is 0 Å². The van der Waals surface area contributed by atoms with Gasteiger partial charge in [-0.2, -0.15) is 13.2 Å².